The fraction of sp³-hybridized carbons (Fsp3) is 0.143. The molecule has 0 aliphatic rings. The van der Waals surface area contributed by atoms with Crippen LogP contribution in [0.25, 0.3) is 11.1 Å². The number of halogens is 2. The van der Waals surface area contributed by atoms with Crippen molar-refractivity contribution in [3.05, 3.63) is 53.6 Å². The van der Waals surface area contributed by atoms with E-state index in [0.29, 0.717) is 12.5 Å². The van der Waals surface area contributed by atoms with Gasteiger partial charge < -0.3 is 4.74 Å². The Labute approximate surface area is 111 Å². The van der Waals surface area contributed by atoms with E-state index in [2.05, 4.69) is 0 Å². The Hall–Kier alpha value is -1.18. The van der Waals surface area contributed by atoms with E-state index in [1.54, 1.807) is 0 Å². The van der Waals surface area contributed by atoms with Crippen LogP contribution in [0.5, 0.6) is 5.75 Å². The lowest BCUT2D eigenvalue weighted by atomic mass is 10.1. The Kier molecular flexibility index (Phi) is 4.29. The maximum Gasteiger partial charge on any atom is 0.119 e. The van der Waals surface area contributed by atoms with Crippen LogP contribution in [0.15, 0.2) is 48.5 Å². The van der Waals surface area contributed by atoms with Crippen LogP contribution in [0.2, 0.25) is 5.02 Å². The van der Waals surface area contributed by atoms with E-state index >= 15 is 0 Å². The lowest BCUT2D eigenvalue weighted by Gasteiger charge is -2.07. The van der Waals surface area contributed by atoms with Crippen LogP contribution in [0.3, 0.4) is 0 Å². The standard InChI is InChI=1S/C14H12Cl2O/c15-8-9-17-14-3-1-2-12(10-14)11-4-6-13(16)7-5-11/h1-7,10H,8-9H2. The molecule has 0 atom stereocenters. The van der Waals surface area contributed by atoms with E-state index in [-0.39, 0.29) is 0 Å². The molecule has 0 aliphatic heterocycles. The van der Waals surface area contributed by atoms with Gasteiger partial charge in [-0.3, -0.25) is 0 Å². The van der Waals surface area contributed by atoms with Gasteiger partial charge in [-0.15, -0.1) is 11.6 Å². The summed E-state index contributed by atoms with van der Waals surface area (Å²) in [7, 11) is 0. The molecule has 2 rings (SSSR count). The van der Waals surface area contributed by atoms with Gasteiger partial charge in [0.2, 0.25) is 0 Å². The van der Waals surface area contributed by atoms with Crippen LogP contribution in [0.4, 0.5) is 0 Å². The molecule has 0 radical (unpaired) electrons. The quantitative estimate of drug-likeness (QED) is 0.734. The van der Waals surface area contributed by atoms with Gasteiger partial charge in [0, 0.05) is 5.02 Å². The second kappa shape index (κ2) is 5.95. The Bertz CT molecular complexity index is 480. The molecule has 0 bridgehead atoms. The summed E-state index contributed by atoms with van der Waals surface area (Å²) in [6.45, 7) is 0.519. The summed E-state index contributed by atoms with van der Waals surface area (Å²) in [6.07, 6.45) is 0. The molecule has 0 aromatic heterocycles. The molecule has 2 aromatic rings. The zero-order valence-corrected chi connectivity index (χ0v) is 10.7. The highest BCUT2D eigenvalue weighted by atomic mass is 35.5. The third-order valence-corrected chi connectivity index (χ3v) is 2.76. The van der Waals surface area contributed by atoms with Crippen molar-refractivity contribution in [3.8, 4) is 16.9 Å². The fourth-order valence-corrected chi connectivity index (χ4v) is 1.77. The van der Waals surface area contributed by atoms with Crippen molar-refractivity contribution in [2.45, 2.75) is 0 Å². The molecule has 0 saturated carbocycles. The van der Waals surface area contributed by atoms with Crippen molar-refractivity contribution in [3.63, 3.8) is 0 Å². The van der Waals surface area contributed by atoms with E-state index in [4.69, 9.17) is 27.9 Å². The summed E-state index contributed by atoms with van der Waals surface area (Å²) in [5.41, 5.74) is 2.22. The molecule has 0 saturated heterocycles. The Morgan fingerprint density at radius 2 is 1.71 bits per heavy atom. The molecular weight excluding hydrogens is 255 g/mol. The minimum absolute atomic E-state index is 0.491. The van der Waals surface area contributed by atoms with Crippen LogP contribution in [-0.4, -0.2) is 12.5 Å². The summed E-state index contributed by atoms with van der Waals surface area (Å²) in [5.74, 6) is 1.32. The Morgan fingerprint density at radius 1 is 0.941 bits per heavy atom. The molecule has 0 unspecified atom stereocenters. The van der Waals surface area contributed by atoms with Gasteiger partial charge in [0.15, 0.2) is 0 Å². The number of ether oxygens (including phenoxy) is 1. The van der Waals surface area contributed by atoms with Crippen LogP contribution in [-0.2, 0) is 0 Å². The highest BCUT2D eigenvalue weighted by molar-refractivity contribution is 6.30. The average molecular weight is 267 g/mol. The van der Waals surface area contributed by atoms with Crippen molar-refractivity contribution in [2.24, 2.45) is 0 Å². The molecule has 2 aromatic carbocycles. The molecule has 0 amide bonds. The first-order valence-electron chi connectivity index (χ1n) is 5.34. The van der Waals surface area contributed by atoms with Gasteiger partial charge in [-0.1, -0.05) is 35.9 Å². The predicted molar refractivity (Wildman–Crippen MR) is 73.1 cm³/mol. The lowest BCUT2D eigenvalue weighted by Crippen LogP contribution is -1.97. The molecular formula is C14H12Cl2O. The third kappa shape index (κ3) is 3.39. The average Bonchev–Trinajstić information content (AvgIpc) is 2.37. The topological polar surface area (TPSA) is 9.23 Å². The van der Waals surface area contributed by atoms with Crippen molar-refractivity contribution < 1.29 is 4.74 Å². The number of alkyl halides is 1. The van der Waals surface area contributed by atoms with E-state index in [0.717, 1.165) is 21.9 Å². The maximum absolute atomic E-state index is 5.86. The van der Waals surface area contributed by atoms with E-state index < -0.39 is 0 Å². The zero-order valence-electron chi connectivity index (χ0n) is 9.20. The third-order valence-electron chi connectivity index (χ3n) is 2.36. The zero-order chi connectivity index (χ0) is 12.1. The first-order chi connectivity index (χ1) is 8.29. The second-order valence-electron chi connectivity index (χ2n) is 3.57. The summed E-state index contributed by atoms with van der Waals surface area (Å²) < 4.78 is 5.48. The number of hydrogen-bond acceptors (Lipinski definition) is 1. The van der Waals surface area contributed by atoms with Gasteiger partial charge in [-0.05, 0) is 35.4 Å². The molecule has 3 heteroatoms. The summed E-state index contributed by atoms with van der Waals surface area (Å²) in [4.78, 5) is 0. The molecule has 88 valence electrons. The van der Waals surface area contributed by atoms with Crippen LogP contribution >= 0.6 is 23.2 Å². The van der Waals surface area contributed by atoms with Gasteiger partial charge >= 0.3 is 0 Å². The summed E-state index contributed by atoms with van der Waals surface area (Å²) in [6, 6.07) is 15.7. The number of benzene rings is 2. The fourth-order valence-electron chi connectivity index (χ4n) is 1.56. The molecule has 0 N–H and O–H groups in total. The van der Waals surface area contributed by atoms with Crippen LogP contribution in [0.1, 0.15) is 0 Å². The lowest BCUT2D eigenvalue weighted by molar-refractivity contribution is 0.343. The first-order valence-corrected chi connectivity index (χ1v) is 6.25. The van der Waals surface area contributed by atoms with Gasteiger partial charge in [0.05, 0.1) is 5.88 Å². The van der Waals surface area contributed by atoms with Crippen molar-refractivity contribution in [1.29, 1.82) is 0 Å². The minimum atomic E-state index is 0.491. The van der Waals surface area contributed by atoms with Crippen molar-refractivity contribution in [2.75, 3.05) is 12.5 Å². The van der Waals surface area contributed by atoms with Gasteiger partial charge in [-0.2, -0.15) is 0 Å². The van der Waals surface area contributed by atoms with Gasteiger partial charge in [0.25, 0.3) is 0 Å². The first kappa shape index (κ1) is 12.3. The Balaban J connectivity index is 2.23. The monoisotopic (exact) mass is 266 g/mol. The van der Waals surface area contributed by atoms with Gasteiger partial charge in [-0.25, -0.2) is 0 Å². The summed E-state index contributed by atoms with van der Waals surface area (Å²) in [5, 5.41) is 0.739. The minimum Gasteiger partial charge on any atom is -0.492 e. The normalized spacial score (nSPS) is 10.2. The predicted octanol–water partition coefficient (Wildman–Crippen LogP) is 4.62. The summed E-state index contributed by atoms with van der Waals surface area (Å²) >= 11 is 11.4. The molecule has 0 aliphatic carbocycles. The van der Waals surface area contributed by atoms with E-state index in [9.17, 15) is 0 Å². The van der Waals surface area contributed by atoms with Crippen molar-refractivity contribution in [1.82, 2.24) is 0 Å². The number of rotatable bonds is 4. The second-order valence-corrected chi connectivity index (χ2v) is 4.39. The van der Waals surface area contributed by atoms with Crippen LogP contribution in [0, 0.1) is 0 Å². The molecule has 1 nitrogen and oxygen atoms in total. The smallest absolute Gasteiger partial charge is 0.119 e. The Morgan fingerprint density at radius 3 is 2.41 bits per heavy atom. The molecule has 17 heavy (non-hydrogen) atoms. The van der Waals surface area contributed by atoms with Crippen molar-refractivity contribution >= 4 is 23.2 Å². The molecule has 0 heterocycles. The molecule has 0 spiro atoms. The molecule has 0 fully saturated rings. The van der Waals surface area contributed by atoms with Gasteiger partial charge in [0.1, 0.15) is 12.4 Å². The largest absolute Gasteiger partial charge is 0.492 e. The maximum atomic E-state index is 5.86. The number of hydrogen-bond donors (Lipinski definition) is 0. The highest BCUT2D eigenvalue weighted by Gasteiger charge is 2.00. The SMILES string of the molecule is ClCCOc1cccc(-c2ccc(Cl)cc2)c1. The van der Waals surface area contributed by atoms with Crippen LogP contribution < -0.4 is 4.74 Å². The highest BCUT2D eigenvalue weighted by Crippen LogP contribution is 2.25. The van der Waals surface area contributed by atoms with E-state index in [1.807, 2.05) is 48.5 Å². The van der Waals surface area contributed by atoms with E-state index in [1.165, 1.54) is 0 Å².